The molecule has 3 fully saturated rings. The van der Waals surface area contributed by atoms with Gasteiger partial charge in [-0.25, -0.2) is 4.90 Å². The van der Waals surface area contributed by atoms with E-state index in [2.05, 4.69) is 4.90 Å². The third-order valence-corrected chi connectivity index (χ3v) is 7.39. The number of hydrogen-bond donors (Lipinski definition) is 0. The number of nitrogens with zero attached hydrogens (tertiary/aromatic N) is 3. The van der Waals surface area contributed by atoms with Gasteiger partial charge in [0.2, 0.25) is 11.8 Å². The number of nitriles is 1. The minimum Gasteiger partial charge on any atom is -0.497 e. The number of likely N-dealkylation sites (tertiary alicyclic amines) is 1. The number of benzene rings is 2. The normalized spacial score (nSPS) is 29.9. The van der Waals surface area contributed by atoms with Gasteiger partial charge in [-0.2, -0.15) is 18.4 Å². The molecule has 0 spiro atoms. The molecule has 2 amide bonds. The molecule has 7 nitrogen and oxygen atoms in total. The second kappa shape index (κ2) is 8.05. The number of halogens is 3. The summed E-state index contributed by atoms with van der Waals surface area (Å²) in [6.07, 6.45) is -4.80. The van der Waals surface area contributed by atoms with Gasteiger partial charge in [-0.15, -0.1) is 0 Å². The Bertz CT molecular complexity index is 1270. The molecule has 10 heteroatoms. The summed E-state index contributed by atoms with van der Waals surface area (Å²) >= 11 is 0. The molecule has 0 aromatic heterocycles. The first-order chi connectivity index (χ1) is 16.9. The van der Waals surface area contributed by atoms with Crippen LogP contribution in [-0.4, -0.2) is 48.1 Å². The van der Waals surface area contributed by atoms with Gasteiger partial charge in [-0.05, 0) is 49.7 Å². The van der Waals surface area contributed by atoms with Crippen LogP contribution in [0.5, 0.6) is 5.75 Å². The van der Waals surface area contributed by atoms with Gasteiger partial charge in [0.15, 0.2) is 0 Å². The molecule has 3 saturated heterocycles. The van der Waals surface area contributed by atoms with Crippen LogP contribution < -0.4 is 9.64 Å². The number of carbonyl (C=O) groups is 2. The number of morpholine rings is 1. The molecule has 3 aliphatic rings. The molecular formula is C26H24F3N3O4. The first-order valence-corrected chi connectivity index (χ1v) is 11.4. The number of methoxy groups -OCH3 is 1. The molecule has 2 bridgehead atoms. The van der Waals surface area contributed by atoms with Gasteiger partial charge in [0.25, 0.3) is 0 Å². The standard InChI is InChI=1S/C26H24F3N3O4/c1-24-13-31(12-15-5-4-6-18(9-15)35-3)14-25(2,36-24)21-20(24)22(33)32(23(21)34)17-8-7-16(11-30)19(10-17)26(27,28)29/h4-10,20-21H,12-14H2,1-3H3/t20?,21?,24-,25+. The predicted octanol–water partition coefficient (Wildman–Crippen LogP) is 3.75. The van der Waals surface area contributed by atoms with E-state index in [1.165, 1.54) is 12.1 Å². The Kier molecular flexibility index (Phi) is 5.43. The summed E-state index contributed by atoms with van der Waals surface area (Å²) in [5, 5.41) is 9.08. The summed E-state index contributed by atoms with van der Waals surface area (Å²) < 4.78 is 52.2. The number of amides is 2. The van der Waals surface area contributed by atoms with Gasteiger partial charge in [-0.1, -0.05) is 12.1 Å². The van der Waals surface area contributed by atoms with E-state index in [0.717, 1.165) is 22.3 Å². The molecule has 2 unspecified atom stereocenters. The Morgan fingerprint density at radius 3 is 2.28 bits per heavy atom. The summed E-state index contributed by atoms with van der Waals surface area (Å²) in [6.45, 7) is 4.86. The van der Waals surface area contributed by atoms with Crippen LogP contribution >= 0.6 is 0 Å². The van der Waals surface area contributed by atoms with E-state index in [0.29, 0.717) is 25.7 Å². The average molecular weight is 499 g/mol. The maximum atomic E-state index is 13.6. The number of carbonyl (C=O) groups excluding carboxylic acids is 2. The quantitative estimate of drug-likeness (QED) is 0.596. The van der Waals surface area contributed by atoms with Gasteiger partial charge in [0, 0.05) is 19.6 Å². The van der Waals surface area contributed by atoms with Crippen molar-refractivity contribution in [3.05, 3.63) is 59.2 Å². The number of ether oxygens (including phenoxy) is 2. The van der Waals surface area contributed by atoms with Crippen molar-refractivity contribution in [3.8, 4) is 11.8 Å². The molecular weight excluding hydrogens is 475 g/mol. The van der Waals surface area contributed by atoms with Crippen molar-refractivity contribution < 1.29 is 32.2 Å². The summed E-state index contributed by atoms with van der Waals surface area (Å²) in [6, 6.07) is 12.0. The van der Waals surface area contributed by atoms with E-state index in [-0.39, 0.29) is 5.69 Å². The Balaban J connectivity index is 1.47. The minimum atomic E-state index is -4.80. The number of hydrogen-bond acceptors (Lipinski definition) is 6. The molecule has 2 aromatic carbocycles. The molecule has 5 rings (SSSR count). The van der Waals surface area contributed by atoms with Crippen molar-refractivity contribution >= 4 is 17.5 Å². The lowest BCUT2D eigenvalue weighted by atomic mass is 9.79. The van der Waals surface area contributed by atoms with E-state index < -0.39 is 52.2 Å². The topological polar surface area (TPSA) is 82.9 Å². The molecule has 2 aromatic rings. The van der Waals surface area contributed by atoms with Crippen molar-refractivity contribution in [2.75, 3.05) is 25.1 Å². The molecule has 188 valence electrons. The molecule has 3 heterocycles. The third kappa shape index (κ3) is 3.65. The SMILES string of the molecule is COc1cccc(CN2C[C@@]3(C)O[C@@](C)(C2)C2C(=O)N(c4ccc(C#N)c(C(F)(F)F)c4)C(=O)C23)c1. The number of imide groups is 1. The van der Waals surface area contributed by atoms with Crippen LogP contribution in [0.15, 0.2) is 42.5 Å². The highest BCUT2D eigenvalue weighted by Crippen LogP contribution is 2.55. The van der Waals surface area contributed by atoms with Crippen molar-refractivity contribution in [3.63, 3.8) is 0 Å². The van der Waals surface area contributed by atoms with Gasteiger partial charge in [0.1, 0.15) is 5.75 Å². The highest BCUT2D eigenvalue weighted by atomic mass is 19.4. The highest BCUT2D eigenvalue weighted by molar-refractivity contribution is 6.23. The molecule has 0 radical (unpaired) electrons. The van der Waals surface area contributed by atoms with Crippen LogP contribution in [0.1, 0.15) is 30.5 Å². The minimum absolute atomic E-state index is 0.191. The molecule has 0 saturated carbocycles. The van der Waals surface area contributed by atoms with E-state index >= 15 is 0 Å². The smallest absolute Gasteiger partial charge is 0.417 e. The molecule has 0 aliphatic carbocycles. The molecule has 3 aliphatic heterocycles. The van der Waals surface area contributed by atoms with Crippen molar-refractivity contribution in [2.24, 2.45) is 11.8 Å². The fourth-order valence-electron chi connectivity index (χ4n) is 6.16. The van der Waals surface area contributed by atoms with Crippen LogP contribution in [0.4, 0.5) is 18.9 Å². The Morgan fingerprint density at radius 2 is 1.72 bits per heavy atom. The van der Waals surface area contributed by atoms with Crippen molar-refractivity contribution in [1.82, 2.24) is 4.90 Å². The van der Waals surface area contributed by atoms with Crippen LogP contribution in [0, 0.1) is 23.2 Å². The van der Waals surface area contributed by atoms with Crippen LogP contribution in [0.2, 0.25) is 0 Å². The third-order valence-electron chi connectivity index (χ3n) is 7.39. The van der Waals surface area contributed by atoms with Crippen molar-refractivity contribution in [1.29, 1.82) is 5.26 Å². The maximum absolute atomic E-state index is 13.6. The Labute approximate surface area is 206 Å². The lowest BCUT2D eigenvalue weighted by molar-refractivity contribution is -0.170. The zero-order valence-electron chi connectivity index (χ0n) is 19.9. The van der Waals surface area contributed by atoms with Gasteiger partial charge in [-0.3, -0.25) is 14.5 Å². The molecule has 4 atom stereocenters. The van der Waals surface area contributed by atoms with Crippen LogP contribution in [0.25, 0.3) is 0 Å². The van der Waals surface area contributed by atoms with Gasteiger partial charge < -0.3 is 9.47 Å². The van der Waals surface area contributed by atoms with Crippen molar-refractivity contribution in [2.45, 2.75) is 37.8 Å². The van der Waals surface area contributed by atoms with E-state index in [1.807, 2.05) is 24.3 Å². The van der Waals surface area contributed by atoms with E-state index in [4.69, 9.17) is 14.7 Å². The van der Waals surface area contributed by atoms with Gasteiger partial charge >= 0.3 is 6.18 Å². The maximum Gasteiger partial charge on any atom is 0.417 e. The largest absolute Gasteiger partial charge is 0.497 e. The second-order valence-corrected chi connectivity index (χ2v) is 10.0. The van der Waals surface area contributed by atoms with E-state index in [9.17, 15) is 22.8 Å². The first kappa shape index (κ1) is 24.3. The monoisotopic (exact) mass is 499 g/mol. The fourth-order valence-corrected chi connectivity index (χ4v) is 6.16. The van der Waals surface area contributed by atoms with Crippen LogP contribution in [0.3, 0.4) is 0 Å². The highest BCUT2D eigenvalue weighted by Gasteiger charge is 2.71. The number of fused-ring (bicyclic) bond motifs is 5. The second-order valence-electron chi connectivity index (χ2n) is 10.0. The summed E-state index contributed by atoms with van der Waals surface area (Å²) in [7, 11) is 1.59. The Hall–Kier alpha value is -3.42. The predicted molar refractivity (Wildman–Crippen MR) is 122 cm³/mol. The summed E-state index contributed by atoms with van der Waals surface area (Å²) in [5.41, 5.74) is -2.94. The Morgan fingerprint density at radius 1 is 1.08 bits per heavy atom. The lowest BCUT2D eigenvalue weighted by Gasteiger charge is -2.45. The zero-order chi connectivity index (χ0) is 26.0. The summed E-state index contributed by atoms with van der Waals surface area (Å²) in [5.74, 6) is -2.13. The lowest BCUT2D eigenvalue weighted by Crippen LogP contribution is -2.57. The van der Waals surface area contributed by atoms with Crippen LogP contribution in [-0.2, 0) is 27.0 Å². The number of anilines is 1. The van der Waals surface area contributed by atoms with E-state index in [1.54, 1.807) is 21.0 Å². The number of rotatable bonds is 4. The summed E-state index contributed by atoms with van der Waals surface area (Å²) in [4.78, 5) is 30.2. The first-order valence-electron chi connectivity index (χ1n) is 11.4. The fraction of sp³-hybridized carbons (Fsp3) is 0.423. The molecule has 36 heavy (non-hydrogen) atoms. The molecule has 0 N–H and O–H groups in total. The number of alkyl halides is 3. The zero-order valence-corrected chi connectivity index (χ0v) is 19.9. The van der Waals surface area contributed by atoms with Gasteiger partial charge in [0.05, 0.1) is 53.0 Å². The average Bonchev–Trinajstić information content (AvgIpc) is 3.18.